The molecule has 0 spiro atoms. The minimum Gasteiger partial charge on any atom is -0.390 e. The van der Waals surface area contributed by atoms with Crippen LogP contribution in [-0.4, -0.2) is 16.9 Å². The first-order valence-electron chi connectivity index (χ1n) is 6.43. The quantitative estimate of drug-likeness (QED) is 0.809. The van der Waals surface area contributed by atoms with E-state index < -0.39 is 17.7 Å². The predicted octanol–water partition coefficient (Wildman–Crippen LogP) is 5.02. The van der Waals surface area contributed by atoms with Gasteiger partial charge in [-0.3, -0.25) is 0 Å². The number of rotatable bonds is 2. The van der Waals surface area contributed by atoms with Crippen molar-refractivity contribution in [2.45, 2.75) is 43.9 Å². The molecule has 0 saturated heterocycles. The van der Waals surface area contributed by atoms with Gasteiger partial charge in [-0.05, 0) is 49.4 Å². The number of aliphatic hydroxyl groups is 1. The number of benzene rings is 1. The predicted molar refractivity (Wildman–Crippen MR) is 73.1 cm³/mol. The minimum absolute atomic E-state index is 0.0785. The topological polar surface area (TPSA) is 20.2 Å². The maximum atomic E-state index is 12.8. The molecule has 2 atom stereocenters. The Balaban J connectivity index is 2.16. The summed E-state index contributed by atoms with van der Waals surface area (Å²) in [5.41, 5.74) is -0.781. The highest BCUT2D eigenvalue weighted by Gasteiger charge is 2.47. The lowest BCUT2D eigenvalue weighted by Crippen LogP contribution is -2.42. The first kappa shape index (κ1) is 15.9. The molecule has 0 aromatic heterocycles. The van der Waals surface area contributed by atoms with Crippen LogP contribution in [0.2, 0.25) is 10.0 Å². The zero-order valence-corrected chi connectivity index (χ0v) is 12.2. The summed E-state index contributed by atoms with van der Waals surface area (Å²) in [6.45, 7) is 0. The molecule has 2 rings (SSSR count). The lowest BCUT2D eigenvalue weighted by molar-refractivity contribution is -0.200. The van der Waals surface area contributed by atoms with Crippen molar-refractivity contribution in [3.05, 3.63) is 33.8 Å². The molecular weight excluding hydrogens is 312 g/mol. The molecule has 1 saturated carbocycles. The van der Waals surface area contributed by atoms with Crippen molar-refractivity contribution in [1.82, 2.24) is 0 Å². The van der Waals surface area contributed by atoms with Gasteiger partial charge in [0.25, 0.3) is 0 Å². The molecule has 1 fully saturated rings. The maximum Gasteiger partial charge on any atom is 0.391 e. The van der Waals surface area contributed by atoms with Crippen LogP contribution in [0.15, 0.2) is 18.2 Å². The average Bonchev–Trinajstić information content (AvgIpc) is 2.32. The fourth-order valence-corrected chi connectivity index (χ4v) is 3.19. The van der Waals surface area contributed by atoms with Gasteiger partial charge in [-0.2, -0.15) is 13.2 Å². The van der Waals surface area contributed by atoms with Crippen LogP contribution in [0.5, 0.6) is 0 Å². The van der Waals surface area contributed by atoms with E-state index in [1.54, 1.807) is 18.2 Å². The van der Waals surface area contributed by atoms with Gasteiger partial charge in [0, 0.05) is 16.5 Å². The van der Waals surface area contributed by atoms with Crippen molar-refractivity contribution in [2.75, 3.05) is 0 Å². The summed E-state index contributed by atoms with van der Waals surface area (Å²) >= 11 is 11.9. The Hall–Kier alpha value is -0.450. The van der Waals surface area contributed by atoms with E-state index in [0.29, 0.717) is 28.5 Å². The second kappa shape index (κ2) is 5.74. The third-order valence-electron chi connectivity index (χ3n) is 3.81. The van der Waals surface area contributed by atoms with E-state index in [4.69, 9.17) is 23.2 Å². The Morgan fingerprint density at radius 3 is 2.65 bits per heavy atom. The molecule has 112 valence electrons. The Morgan fingerprint density at radius 2 is 2.00 bits per heavy atom. The molecule has 2 unspecified atom stereocenters. The summed E-state index contributed by atoms with van der Waals surface area (Å²) in [6, 6.07) is 4.79. The zero-order chi connectivity index (χ0) is 15.0. The van der Waals surface area contributed by atoms with Crippen molar-refractivity contribution in [2.24, 2.45) is 5.92 Å². The van der Waals surface area contributed by atoms with Crippen LogP contribution in [-0.2, 0) is 6.42 Å². The van der Waals surface area contributed by atoms with Crippen LogP contribution in [0.1, 0.15) is 31.2 Å². The van der Waals surface area contributed by atoms with Crippen molar-refractivity contribution in [3.8, 4) is 0 Å². The van der Waals surface area contributed by atoms with Crippen molar-refractivity contribution < 1.29 is 18.3 Å². The molecular formula is C14H15Cl2F3O. The number of alkyl halides is 3. The highest BCUT2D eigenvalue weighted by Crippen LogP contribution is 2.43. The average molecular weight is 327 g/mol. The van der Waals surface area contributed by atoms with Gasteiger partial charge in [-0.25, -0.2) is 0 Å². The summed E-state index contributed by atoms with van der Waals surface area (Å²) < 4.78 is 38.4. The summed E-state index contributed by atoms with van der Waals surface area (Å²) in [4.78, 5) is 0. The van der Waals surface area contributed by atoms with Crippen LogP contribution >= 0.6 is 23.2 Å². The molecule has 0 aliphatic heterocycles. The maximum absolute atomic E-state index is 12.8. The highest BCUT2D eigenvalue weighted by molar-refractivity contribution is 6.33. The largest absolute Gasteiger partial charge is 0.391 e. The second-order valence-electron chi connectivity index (χ2n) is 5.47. The van der Waals surface area contributed by atoms with Crippen LogP contribution in [0.4, 0.5) is 13.2 Å². The van der Waals surface area contributed by atoms with Gasteiger partial charge < -0.3 is 5.11 Å². The van der Waals surface area contributed by atoms with Crippen molar-refractivity contribution >= 4 is 23.2 Å². The SMILES string of the molecule is OC1(Cc2cc(Cl)ccc2Cl)CCCC(C(F)(F)F)C1. The van der Waals surface area contributed by atoms with Crippen LogP contribution in [0, 0.1) is 5.92 Å². The summed E-state index contributed by atoms with van der Waals surface area (Å²) in [5, 5.41) is 11.3. The van der Waals surface area contributed by atoms with Gasteiger partial charge in [0.1, 0.15) is 0 Å². The first-order valence-corrected chi connectivity index (χ1v) is 7.18. The van der Waals surface area contributed by atoms with Crippen molar-refractivity contribution in [3.63, 3.8) is 0 Å². The van der Waals surface area contributed by atoms with E-state index in [9.17, 15) is 18.3 Å². The van der Waals surface area contributed by atoms with Gasteiger partial charge >= 0.3 is 6.18 Å². The Labute approximate surface area is 125 Å². The first-order chi connectivity index (χ1) is 9.20. The van der Waals surface area contributed by atoms with Gasteiger partial charge in [0.2, 0.25) is 0 Å². The van der Waals surface area contributed by atoms with E-state index in [2.05, 4.69) is 0 Å². The molecule has 1 aliphatic carbocycles. The molecule has 1 nitrogen and oxygen atoms in total. The van der Waals surface area contributed by atoms with E-state index in [0.717, 1.165) is 0 Å². The lowest BCUT2D eigenvalue weighted by Gasteiger charge is -2.38. The monoisotopic (exact) mass is 326 g/mol. The summed E-state index contributed by atoms with van der Waals surface area (Å²) in [7, 11) is 0. The van der Waals surface area contributed by atoms with Gasteiger partial charge in [-0.15, -0.1) is 0 Å². The fraction of sp³-hybridized carbons (Fsp3) is 0.571. The van der Waals surface area contributed by atoms with Gasteiger partial charge in [0.15, 0.2) is 0 Å². The third kappa shape index (κ3) is 3.80. The lowest BCUT2D eigenvalue weighted by atomic mass is 9.75. The fourth-order valence-electron chi connectivity index (χ4n) is 2.81. The molecule has 1 N–H and O–H groups in total. The Bertz CT molecular complexity index is 490. The molecule has 0 heterocycles. The molecule has 6 heteroatoms. The molecule has 0 radical (unpaired) electrons. The van der Waals surface area contributed by atoms with E-state index >= 15 is 0 Å². The molecule has 1 aromatic rings. The number of halogens is 5. The highest BCUT2D eigenvalue weighted by atomic mass is 35.5. The molecule has 1 aliphatic rings. The Morgan fingerprint density at radius 1 is 1.30 bits per heavy atom. The number of hydrogen-bond acceptors (Lipinski definition) is 1. The summed E-state index contributed by atoms with van der Waals surface area (Å²) in [6.07, 6.45) is -3.65. The van der Waals surface area contributed by atoms with Gasteiger partial charge in [-0.1, -0.05) is 23.2 Å². The van der Waals surface area contributed by atoms with Crippen LogP contribution in [0.3, 0.4) is 0 Å². The third-order valence-corrected chi connectivity index (χ3v) is 4.42. The minimum atomic E-state index is -4.26. The number of hydrogen-bond donors (Lipinski definition) is 1. The van der Waals surface area contributed by atoms with Crippen LogP contribution in [0.25, 0.3) is 0 Å². The van der Waals surface area contributed by atoms with E-state index in [1.165, 1.54) is 0 Å². The standard InChI is InChI=1S/C14H15Cl2F3O/c15-11-3-4-12(16)9(6-11)7-13(20)5-1-2-10(8-13)14(17,18)19/h3-4,6,10,20H,1-2,5,7-8H2. The normalized spacial score (nSPS) is 27.6. The summed E-state index contributed by atoms with van der Waals surface area (Å²) in [5.74, 6) is -1.45. The molecule has 20 heavy (non-hydrogen) atoms. The molecule has 0 amide bonds. The molecule has 0 bridgehead atoms. The van der Waals surface area contributed by atoms with Crippen LogP contribution < -0.4 is 0 Å². The van der Waals surface area contributed by atoms with E-state index in [1.807, 2.05) is 0 Å². The zero-order valence-electron chi connectivity index (χ0n) is 10.7. The second-order valence-corrected chi connectivity index (χ2v) is 6.32. The Kier molecular flexibility index (Phi) is 4.57. The van der Waals surface area contributed by atoms with E-state index in [-0.39, 0.29) is 19.3 Å². The van der Waals surface area contributed by atoms with Crippen molar-refractivity contribution in [1.29, 1.82) is 0 Å². The smallest absolute Gasteiger partial charge is 0.390 e. The van der Waals surface area contributed by atoms with Gasteiger partial charge in [0.05, 0.1) is 11.5 Å². The molecule has 1 aromatic carbocycles.